The van der Waals surface area contributed by atoms with Crippen molar-refractivity contribution >= 4 is 8.32 Å². The molecular weight excluding hydrogens is 338 g/mol. The summed E-state index contributed by atoms with van der Waals surface area (Å²) in [4.78, 5) is 0. The van der Waals surface area contributed by atoms with Crippen molar-refractivity contribution in [1.29, 1.82) is 0 Å². The molecule has 3 heterocycles. The molecule has 0 spiro atoms. The minimum absolute atomic E-state index is 0.0634. The fourth-order valence-corrected chi connectivity index (χ4v) is 4.27. The lowest BCUT2D eigenvalue weighted by atomic mass is 10.1. The lowest BCUT2D eigenvalue weighted by Gasteiger charge is -2.39. The van der Waals surface area contributed by atoms with Crippen molar-refractivity contribution in [2.75, 3.05) is 19.8 Å². The van der Waals surface area contributed by atoms with Crippen LogP contribution in [-0.4, -0.2) is 60.4 Å². The van der Waals surface area contributed by atoms with Crippen LogP contribution in [0.5, 0.6) is 0 Å². The zero-order chi connectivity index (χ0) is 20.0. The molecule has 0 aliphatic carbocycles. The fraction of sp³-hybridized carbons (Fsp3) is 0.882. The number of nitrogens with zero attached hydrogens (tertiary/aromatic N) is 3. The van der Waals surface area contributed by atoms with E-state index < -0.39 is 33.7 Å². The summed E-state index contributed by atoms with van der Waals surface area (Å²) < 4.78 is 35.2. The van der Waals surface area contributed by atoms with Gasteiger partial charge in [0.1, 0.15) is 17.9 Å². The number of aliphatic hydroxyl groups is 1. The van der Waals surface area contributed by atoms with Gasteiger partial charge >= 0.3 is 0 Å². The van der Waals surface area contributed by atoms with E-state index in [0.717, 1.165) is 0 Å². The van der Waals surface area contributed by atoms with E-state index in [4.69, 9.17) is 16.6 Å². The predicted octanol–water partition coefficient (Wildman–Crippen LogP) is 2.45. The van der Waals surface area contributed by atoms with Crippen LogP contribution in [-0.2, 0) is 13.9 Å². The maximum atomic E-state index is 9.48. The third-order valence-corrected chi connectivity index (χ3v) is 10.0. The van der Waals surface area contributed by atoms with E-state index >= 15 is 0 Å². The SMILES string of the molecule is [3H][C@H]1C[C@H](O[Si](C)(C)C(C)(C)C)[C@@H](c2cn([C@H]3C[C@H]([3H])O[C@@H]3CO)nn2)O1. The maximum Gasteiger partial charge on any atom is 0.192 e. The van der Waals surface area contributed by atoms with Crippen LogP contribution >= 0.6 is 0 Å². The monoisotopic (exact) mass is 373 g/mol. The van der Waals surface area contributed by atoms with Crippen LogP contribution in [0.1, 0.15) is 54.2 Å². The molecule has 1 aromatic heterocycles. The molecule has 142 valence electrons. The normalized spacial score (nSPS) is 38.0. The zero-order valence-corrected chi connectivity index (χ0v) is 16.7. The summed E-state index contributed by atoms with van der Waals surface area (Å²) in [6.45, 7) is 9.45. The number of aliphatic hydroxyl groups excluding tert-OH is 1. The minimum atomic E-state index is -2.02. The van der Waals surface area contributed by atoms with Crippen molar-refractivity contribution in [3.05, 3.63) is 11.9 Å². The molecule has 0 saturated carbocycles. The van der Waals surface area contributed by atoms with Gasteiger partial charge in [-0.05, 0) is 31.0 Å². The third-order valence-electron chi connectivity index (χ3n) is 5.54. The highest BCUT2D eigenvalue weighted by Crippen LogP contribution is 2.41. The van der Waals surface area contributed by atoms with Gasteiger partial charge in [0.05, 0.1) is 34.3 Å². The fourth-order valence-electron chi connectivity index (χ4n) is 2.94. The van der Waals surface area contributed by atoms with E-state index in [1.54, 1.807) is 10.9 Å². The summed E-state index contributed by atoms with van der Waals surface area (Å²) in [6, 6.07) is -0.230. The van der Waals surface area contributed by atoms with Crippen molar-refractivity contribution in [2.24, 2.45) is 0 Å². The molecule has 2 saturated heterocycles. The van der Waals surface area contributed by atoms with Gasteiger partial charge in [0.25, 0.3) is 0 Å². The smallest absolute Gasteiger partial charge is 0.192 e. The summed E-state index contributed by atoms with van der Waals surface area (Å²) >= 11 is 0. The van der Waals surface area contributed by atoms with E-state index in [1.807, 2.05) is 0 Å². The molecule has 7 nitrogen and oxygen atoms in total. The topological polar surface area (TPSA) is 78.6 Å². The van der Waals surface area contributed by atoms with E-state index in [9.17, 15) is 5.11 Å². The van der Waals surface area contributed by atoms with E-state index in [-0.39, 0.29) is 23.8 Å². The van der Waals surface area contributed by atoms with Crippen LogP contribution in [0.2, 0.25) is 18.1 Å². The molecular formula is C17H31N3O4Si. The molecule has 0 unspecified atom stereocenters. The van der Waals surface area contributed by atoms with Gasteiger partial charge < -0.3 is 19.0 Å². The molecule has 0 bridgehead atoms. The molecule has 8 heteroatoms. The lowest BCUT2D eigenvalue weighted by Crippen LogP contribution is -2.44. The Morgan fingerprint density at radius 3 is 2.76 bits per heavy atom. The van der Waals surface area contributed by atoms with Crippen molar-refractivity contribution in [1.82, 2.24) is 15.0 Å². The van der Waals surface area contributed by atoms with Crippen LogP contribution in [0.25, 0.3) is 0 Å². The Morgan fingerprint density at radius 2 is 2.08 bits per heavy atom. The molecule has 1 N–H and O–H groups in total. The first-order valence-corrected chi connectivity index (χ1v) is 11.8. The molecule has 3 rings (SSSR count). The minimum Gasteiger partial charge on any atom is -0.411 e. The molecule has 1 aromatic rings. The Bertz CT molecular complexity index is 654. The number of rotatable bonds is 5. The first kappa shape index (κ1) is 16.4. The van der Waals surface area contributed by atoms with Gasteiger partial charge in [-0.1, -0.05) is 26.0 Å². The van der Waals surface area contributed by atoms with Crippen molar-refractivity contribution < 1.29 is 21.7 Å². The van der Waals surface area contributed by atoms with Gasteiger partial charge in [0.15, 0.2) is 8.32 Å². The summed E-state index contributed by atoms with van der Waals surface area (Å²) in [5.41, 5.74) is 0.624. The maximum absolute atomic E-state index is 9.48. The molecule has 0 aromatic carbocycles. The Balaban J connectivity index is 1.78. The summed E-state index contributed by atoms with van der Waals surface area (Å²) in [5, 5.41) is 18.0. The Labute approximate surface area is 153 Å². The highest BCUT2D eigenvalue weighted by molar-refractivity contribution is 6.74. The number of aromatic nitrogens is 3. The van der Waals surface area contributed by atoms with Gasteiger partial charge in [-0.3, -0.25) is 0 Å². The predicted molar refractivity (Wildman–Crippen MR) is 95.9 cm³/mol. The van der Waals surface area contributed by atoms with Crippen molar-refractivity contribution in [3.8, 4) is 0 Å². The first-order valence-electron chi connectivity index (χ1n) is 10.0. The third kappa shape index (κ3) is 3.83. The van der Waals surface area contributed by atoms with E-state index in [1.165, 1.54) is 0 Å². The summed E-state index contributed by atoms with van der Waals surface area (Å²) in [7, 11) is -2.02. The van der Waals surface area contributed by atoms with E-state index in [2.05, 4.69) is 44.2 Å². The second-order valence-electron chi connectivity index (χ2n) is 8.33. The second kappa shape index (κ2) is 7.07. The van der Waals surface area contributed by atoms with Gasteiger partial charge in [0.2, 0.25) is 0 Å². The molecule has 2 aliphatic heterocycles. The highest BCUT2D eigenvalue weighted by Gasteiger charge is 2.43. The number of ether oxygens (including phenoxy) is 2. The number of hydrogen-bond acceptors (Lipinski definition) is 6. The quantitative estimate of drug-likeness (QED) is 0.799. The Morgan fingerprint density at radius 1 is 1.36 bits per heavy atom. The molecule has 0 amide bonds. The number of hydrogen-bond donors (Lipinski definition) is 1. The molecule has 2 fully saturated rings. The highest BCUT2D eigenvalue weighted by atomic mass is 28.4. The Hall–Kier alpha value is -0.803. The van der Waals surface area contributed by atoms with Gasteiger partial charge in [-0.15, -0.1) is 5.10 Å². The average molecular weight is 374 g/mol. The Kier molecular flexibility index (Phi) is 4.63. The summed E-state index contributed by atoms with van der Waals surface area (Å²) in [6.07, 6.45) is 1.61. The van der Waals surface area contributed by atoms with Crippen molar-refractivity contribution in [3.63, 3.8) is 0 Å². The molecule has 6 atom stereocenters. The lowest BCUT2D eigenvalue weighted by molar-refractivity contribution is 0.0392. The van der Waals surface area contributed by atoms with Gasteiger partial charge in [-0.2, -0.15) is 0 Å². The first-order chi connectivity index (χ1) is 12.5. The van der Waals surface area contributed by atoms with Crippen molar-refractivity contribution in [2.45, 2.75) is 76.1 Å². The van der Waals surface area contributed by atoms with Crippen LogP contribution in [0, 0.1) is 0 Å². The van der Waals surface area contributed by atoms with E-state index in [0.29, 0.717) is 18.5 Å². The largest absolute Gasteiger partial charge is 0.411 e. The van der Waals surface area contributed by atoms with Crippen LogP contribution < -0.4 is 0 Å². The molecule has 25 heavy (non-hydrogen) atoms. The van der Waals surface area contributed by atoms with Gasteiger partial charge in [-0.25, -0.2) is 4.68 Å². The zero-order valence-electron chi connectivity index (χ0n) is 17.7. The average Bonchev–Trinajstić information content (AvgIpc) is 3.23. The molecule has 2 aliphatic rings. The standard InChI is InChI=1S/C17H31N3O4Si/c1-17(2,3)25(4,5)24-14-7-9-23-16(14)12-10-20(19-18-12)13-6-8-22-15(13)11-21/h10,13-16,21H,6-9,11H2,1-5H3/t13-,14-,15+,16+/m0/s1/i8T,9T/t8-,9-,13-,14-,15+,16+. The second-order valence-corrected chi connectivity index (χ2v) is 13.1. The van der Waals surface area contributed by atoms with Crippen LogP contribution in [0.15, 0.2) is 6.20 Å². The van der Waals surface area contributed by atoms with Crippen LogP contribution in [0.3, 0.4) is 0 Å². The van der Waals surface area contributed by atoms with Crippen LogP contribution in [0.4, 0.5) is 0 Å². The van der Waals surface area contributed by atoms with Gasteiger partial charge in [0, 0.05) is 6.58 Å². The molecule has 0 radical (unpaired) electrons. The summed E-state index contributed by atoms with van der Waals surface area (Å²) in [5.74, 6) is 0.